The van der Waals surface area contributed by atoms with Crippen LogP contribution < -0.4 is 5.32 Å². The van der Waals surface area contributed by atoms with E-state index in [1.807, 2.05) is 13.8 Å². The van der Waals surface area contributed by atoms with Crippen LogP contribution in [0.3, 0.4) is 0 Å². The Bertz CT molecular complexity index is 397. The van der Waals surface area contributed by atoms with E-state index in [9.17, 15) is 5.11 Å². The summed E-state index contributed by atoms with van der Waals surface area (Å²) in [5.41, 5.74) is 0.472. The van der Waals surface area contributed by atoms with Gasteiger partial charge in [-0.05, 0) is 25.0 Å². The van der Waals surface area contributed by atoms with Crippen molar-refractivity contribution in [3.05, 3.63) is 32.8 Å². The maximum atomic E-state index is 9.49. The van der Waals surface area contributed by atoms with Crippen LogP contribution in [-0.4, -0.2) is 17.3 Å². The van der Waals surface area contributed by atoms with Crippen molar-refractivity contribution in [2.24, 2.45) is 0 Å². The first-order valence-electron chi connectivity index (χ1n) is 5.98. The predicted molar refractivity (Wildman–Crippen MR) is 78.7 cm³/mol. The van der Waals surface area contributed by atoms with Gasteiger partial charge in [0.15, 0.2) is 0 Å². The molecular formula is C13H18Cl3NO. The first kappa shape index (κ1) is 16.1. The molecule has 0 radical (unpaired) electrons. The Hall–Kier alpha value is 0.01000. The SMILES string of the molecule is CCC(CC)(CO)NCc1c(Cl)ccc(Cl)c1Cl. The van der Waals surface area contributed by atoms with E-state index in [0.29, 0.717) is 21.6 Å². The van der Waals surface area contributed by atoms with Gasteiger partial charge in [0.05, 0.1) is 16.7 Å². The summed E-state index contributed by atoms with van der Waals surface area (Å²) in [6, 6.07) is 3.40. The monoisotopic (exact) mass is 309 g/mol. The van der Waals surface area contributed by atoms with Gasteiger partial charge in [-0.3, -0.25) is 0 Å². The van der Waals surface area contributed by atoms with Crippen LogP contribution >= 0.6 is 34.8 Å². The zero-order chi connectivity index (χ0) is 13.8. The van der Waals surface area contributed by atoms with Crippen LogP contribution in [0.2, 0.25) is 15.1 Å². The molecule has 1 rings (SSSR count). The lowest BCUT2D eigenvalue weighted by Gasteiger charge is -2.31. The van der Waals surface area contributed by atoms with E-state index >= 15 is 0 Å². The second kappa shape index (κ2) is 6.97. The lowest BCUT2D eigenvalue weighted by Crippen LogP contribution is -2.47. The van der Waals surface area contributed by atoms with E-state index in [1.54, 1.807) is 12.1 Å². The number of aliphatic hydroxyl groups is 1. The molecule has 1 aromatic carbocycles. The van der Waals surface area contributed by atoms with Gasteiger partial charge in [0.2, 0.25) is 0 Å². The molecule has 102 valence electrons. The van der Waals surface area contributed by atoms with E-state index in [0.717, 1.165) is 18.4 Å². The Morgan fingerprint density at radius 2 is 1.67 bits per heavy atom. The quantitative estimate of drug-likeness (QED) is 0.768. The molecule has 2 N–H and O–H groups in total. The molecule has 0 aliphatic carbocycles. The molecule has 0 aromatic heterocycles. The zero-order valence-corrected chi connectivity index (χ0v) is 12.8. The summed E-state index contributed by atoms with van der Waals surface area (Å²) in [5, 5.41) is 14.4. The molecule has 0 fully saturated rings. The number of halogens is 3. The number of aliphatic hydroxyl groups excluding tert-OH is 1. The van der Waals surface area contributed by atoms with Crippen LogP contribution in [0.15, 0.2) is 12.1 Å². The molecule has 0 aliphatic heterocycles. The highest BCUT2D eigenvalue weighted by atomic mass is 35.5. The summed E-state index contributed by atoms with van der Waals surface area (Å²) < 4.78 is 0. The lowest BCUT2D eigenvalue weighted by atomic mass is 9.93. The zero-order valence-electron chi connectivity index (χ0n) is 10.6. The normalized spacial score (nSPS) is 11.9. The first-order chi connectivity index (χ1) is 8.49. The number of hydrogen-bond donors (Lipinski definition) is 2. The molecule has 0 saturated carbocycles. The summed E-state index contributed by atoms with van der Waals surface area (Å²) in [7, 11) is 0. The maximum absolute atomic E-state index is 9.49. The Labute approximate surface area is 123 Å². The number of nitrogens with one attached hydrogen (secondary N) is 1. The number of hydrogen-bond acceptors (Lipinski definition) is 2. The van der Waals surface area contributed by atoms with Crippen molar-refractivity contribution in [2.45, 2.75) is 38.8 Å². The molecule has 18 heavy (non-hydrogen) atoms. The van der Waals surface area contributed by atoms with Gasteiger partial charge in [0.25, 0.3) is 0 Å². The summed E-state index contributed by atoms with van der Waals surface area (Å²) in [4.78, 5) is 0. The van der Waals surface area contributed by atoms with Gasteiger partial charge < -0.3 is 10.4 Å². The number of rotatable bonds is 6. The van der Waals surface area contributed by atoms with Crippen molar-refractivity contribution in [1.82, 2.24) is 5.32 Å². The van der Waals surface area contributed by atoms with Crippen molar-refractivity contribution in [2.75, 3.05) is 6.61 Å². The fourth-order valence-electron chi connectivity index (χ4n) is 1.79. The van der Waals surface area contributed by atoms with E-state index in [4.69, 9.17) is 34.8 Å². The lowest BCUT2D eigenvalue weighted by molar-refractivity contribution is 0.149. The molecule has 0 unspecified atom stereocenters. The van der Waals surface area contributed by atoms with Crippen LogP contribution in [-0.2, 0) is 6.54 Å². The van der Waals surface area contributed by atoms with Crippen molar-refractivity contribution in [3.63, 3.8) is 0 Å². The largest absolute Gasteiger partial charge is 0.394 e. The molecule has 0 atom stereocenters. The summed E-state index contributed by atoms with van der Waals surface area (Å²) in [6.45, 7) is 4.64. The first-order valence-corrected chi connectivity index (χ1v) is 7.11. The topological polar surface area (TPSA) is 32.3 Å². The fourth-order valence-corrected chi connectivity index (χ4v) is 2.47. The van der Waals surface area contributed by atoms with Crippen LogP contribution in [0.25, 0.3) is 0 Å². The molecule has 2 nitrogen and oxygen atoms in total. The number of benzene rings is 1. The van der Waals surface area contributed by atoms with Gasteiger partial charge >= 0.3 is 0 Å². The standard InChI is InChI=1S/C13H18Cl3NO/c1-3-13(4-2,8-18)17-7-9-10(14)5-6-11(15)12(9)16/h5-6,17-18H,3-4,7-8H2,1-2H3. The Morgan fingerprint density at radius 1 is 1.11 bits per heavy atom. The minimum absolute atomic E-state index is 0.0792. The summed E-state index contributed by atoms with van der Waals surface area (Å²) in [5.74, 6) is 0. The van der Waals surface area contributed by atoms with Crippen LogP contribution in [0.4, 0.5) is 0 Å². The summed E-state index contributed by atoms with van der Waals surface area (Å²) in [6.07, 6.45) is 1.66. The second-order valence-electron chi connectivity index (χ2n) is 4.32. The van der Waals surface area contributed by atoms with Crippen LogP contribution in [0.1, 0.15) is 32.3 Å². The average Bonchev–Trinajstić information content (AvgIpc) is 2.39. The van der Waals surface area contributed by atoms with Crippen molar-refractivity contribution >= 4 is 34.8 Å². The Kier molecular flexibility index (Phi) is 6.22. The van der Waals surface area contributed by atoms with Gasteiger partial charge in [0, 0.05) is 22.7 Å². The minimum atomic E-state index is -0.297. The van der Waals surface area contributed by atoms with Gasteiger partial charge in [-0.15, -0.1) is 0 Å². The Balaban J connectivity index is 2.89. The smallest absolute Gasteiger partial charge is 0.0652 e. The second-order valence-corrected chi connectivity index (χ2v) is 5.51. The van der Waals surface area contributed by atoms with E-state index < -0.39 is 0 Å². The van der Waals surface area contributed by atoms with Crippen LogP contribution in [0.5, 0.6) is 0 Å². The van der Waals surface area contributed by atoms with Crippen molar-refractivity contribution in [3.8, 4) is 0 Å². The molecule has 0 amide bonds. The third-order valence-corrected chi connectivity index (χ3v) is 4.63. The van der Waals surface area contributed by atoms with E-state index in [1.165, 1.54) is 0 Å². The van der Waals surface area contributed by atoms with Crippen molar-refractivity contribution < 1.29 is 5.11 Å². The van der Waals surface area contributed by atoms with Crippen molar-refractivity contribution in [1.29, 1.82) is 0 Å². The maximum Gasteiger partial charge on any atom is 0.0652 e. The molecular weight excluding hydrogens is 293 g/mol. The predicted octanol–water partition coefficient (Wildman–Crippen LogP) is 4.29. The molecule has 0 bridgehead atoms. The molecule has 0 aliphatic rings. The van der Waals surface area contributed by atoms with E-state index in [2.05, 4.69) is 5.32 Å². The molecule has 1 aromatic rings. The molecule has 0 spiro atoms. The third-order valence-electron chi connectivity index (χ3n) is 3.44. The minimum Gasteiger partial charge on any atom is -0.394 e. The molecule has 0 heterocycles. The molecule has 0 saturated heterocycles. The average molecular weight is 311 g/mol. The fraction of sp³-hybridized carbons (Fsp3) is 0.538. The third kappa shape index (κ3) is 3.52. The van der Waals surface area contributed by atoms with Crippen LogP contribution in [0, 0.1) is 0 Å². The summed E-state index contributed by atoms with van der Waals surface area (Å²) >= 11 is 18.2. The highest BCUT2D eigenvalue weighted by Crippen LogP contribution is 2.31. The van der Waals surface area contributed by atoms with Gasteiger partial charge in [-0.1, -0.05) is 48.7 Å². The van der Waals surface area contributed by atoms with Gasteiger partial charge in [-0.25, -0.2) is 0 Å². The van der Waals surface area contributed by atoms with E-state index in [-0.39, 0.29) is 12.1 Å². The molecule has 5 heteroatoms. The Morgan fingerprint density at radius 3 is 2.17 bits per heavy atom. The highest BCUT2D eigenvalue weighted by molar-refractivity contribution is 6.44. The van der Waals surface area contributed by atoms with Gasteiger partial charge in [0.1, 0.15) is 0 Å². The van der Waals surface area contributed by atoms with Gasteiger partial charge in [-0.2, -0.15) is 0 Å². The highest BCUT2D eigenvalue weighted by Gasteiger charge is 2.25.